The lowest BCUT2D eigenvalue weighted by atomic mass is 9.91. The Balaban J connectivity index is 1.05. The smallest absolute Gasteiger partial charge is 0.271 e. The maximum absolute atomic E-state index is 12.8. The highest BCUT2D eigenvalue weighted by molar-refractivity contribution is 7.99. The van der Waals surface area contributed by atoms with E-state index in [-0.39, 0.29) is 36.3 Å². The van der Waals surface area contributed by atoms with Gasteiger partial charge in [0.25, 0.3) is 5.91 Å². The number of para-hydroxylation sites is 2. The Morgan fingerprint density at radius 1 is 0.875 bits per heavy atom. The zero-order valence-electron chi connectivity index (χ0n) is 26.2. The van der Waals surface area contributed by atoms with Crippen LogP contribution in [0.4, 0.5) is 0 Å². The van der Waals surface area contributed by atoms with E-state index < -0.39 is 6.29 Å². The lowest BCUT2D eigenvalue weighted by Crippen LogP contribution is -2.38. The fourth-order valence-corrected chi connectivity index (χ4v) is 6.71. The molecule has 3 heterocycles. The molecule has 0 aliphatic carbocycles. The highest BCUT2D eigenvalue weighted by Gasteiger charge is 2.38. The van der Waals surface area contributed by atoms with Gasteiger partial charge in [0.05, 0.1) is 36.0 Å². The summed E-state index contributed by atoms with van der Waals surface area (Å²) in [5, 5.41) is 20.1. The molecule has 10 nitrogen and oxygen atoms in total. The van der Waals surface area contributed by atoms with Gasteiger partial charge in [-0.2, -0.15) is 5.10 Å². The number of carbonyl (C=O) groups excluding carboxylic acids is 1. The van der Waals surface area contributed by atoms with E-state index in [1.807, 2.05) is 78.9 Å². The van der Waals surface area contributed by atoms with Crippen molar-refractivity contribution in [3.05, 3.63) is 138 Å². The third-order valence-electron chi connectivity index (χ3n) is 8.48. The topological polar surface area (TPSA) is 135 Å². The van der Waals surface area contributed by atoms with Gasteiger partial charge in [-0.05, 0) is 46.0 Å². The number of fused-ring (bicyclic) bond motifs is 1. The van der Waals surface area contributed by atoms with Crippen LogP contribution in [-0.2, 0) is 22.6 Å². The number of aliphatic hydroxyl groups is 1. The standard InChI is InChI=1S/C37H34N6O4S/c1-23-33(21-48-37-40-22-41-43-37)46-36(47-34(23)27-11-9-24(20-44)10-12-27)28-15-13-26(14-16-28)29-6-4-5-25(17-29)18-39-35(45)32-19-38-30-7-2-3-8-31(30)42-32/h2-17,19,22-23,33-34,36,44H,18,20-21H2,1H3,(H,39,45)(H,40,41,43)/t23-,33+,34+,36+/m0/s1. The number of thioether (sulfide) groups is 1. The first-order valence-corrected chi connectivity index (χ1v) is 16.7. The van der Waals surface area contributed by atoms with Crippen LogP contribution in [0.25, 0.3) is 22.2 Å². The largest absolute Gasteiger partial charge is 0.392 e. The maximum atomic E-state index is 12.8. The second-order valence-corrected chi connectivity index (χ2v) is 12.7. The molecule has 7 rings (SSSR count). The van der Waals surface area contributed by atoms with Crippen molar-refractivity contribution in [2.45, 2.75) is 43.7 Å². The van der Waals surface area contributed by atoms with Crippen LogP contribution in [0.3, 0.4) is 0 Å². The number of carbonyl (C=O) groups is 1. The lowest BCUT2D eigenvalue weighted by molar-refractivity contribution is -0.268. The first-order chi connectivity index (χ1) is 23.5. The van der Waals surface area contributed by atoms with Gasteiger partial charge in [0.1, 0.15) is 12.0 Å². The fourth-order valence-electron chi connectivity index (χ4n) is 5.77. The lowest BCUT2D eigenvalue weighted by Gasteiger charge is -2.41. The Kier molecular flexibility index (Phi) is 9.53. The quantitative estimate of drug-likeness (QED) is 0.143. The first kappa shape index (κ1) is 31.6. The van der Waals surface area contributed by atoms with E-state index in [4.69, 9.17) is 9.47 Å². The maximum Gasteiger partial charge on any atom is 0.271 e. The molecule has 242 valence electrons. The Bertz CT molecular complexity index is 1990. The Labute approximate surface area is 282 Å². The molecule has 3 N–H and O–H groups in total. The van der Waals surface area contributed by atoms with E-state index in [9.17, 15) is 9.90 Å². The predicted octanol–water partition coefficient (Wildman–Crippen LogP) is 6.42. The number of aromatic nitrogens is 5. The van der Waals surface area contributed by atoms with Gasteiger partial charge in [0.2, 0.25) is 0 Å². The second-order valence-electron chi connectivity index (χ2n) is 11.7. The van der Waals surface area contributed by atoms with Gasteiger partial charge in [0.15, 0.2) is 11.4 Å². The van der Waals surface area contributed by atoms with Crippen LogP contribution in [0.2, 0.25) is 0 Å². The zero-order valence-corrected chi connectivity index (χ0v) is 27.0. The number of H-pyrrole nitrogens is 1. The summed E-state index contributed by atoms with van der Waals surface area (Å²) in [5.74, 6) is 0.466. The molecule has 1 amide bonds. The SMILES string of the molecule is C[C@H]1[C@@H](CSc2ncn[nH]2)O[C@@H](c2ccc(-c3cccc(CNC(=O)c4cnc5ccccc5n4)c3)cc2)O[C@H]1c1ccc(CO)cc1. The molecule has 4 atom stereocenters. The highest BCUT2D eigenvalue weighted by Crippen LogP contribution is 2.43. The third-order valence-corrected chi connectivity index (χ3v) is 9.44. The van der Waals surface area contributed by atoms with Gasteiger partial charge < -0.3 is 19.9 Å². The molecule has 0 unspecified atom stereocenters. The van der Waals surface area contributed by atoms with Crippen molar-refractivity contribution >= 4 is 28.7 Å². The van der Waals surface area contributed by atoms with Gasteiger partial charge in [-0.1, -0.05) is 97.5 Å². The van der Waals surface area contributed by atoms with Crippen LogP contribution >= 0.6 is 11.8 Å². The second kappa shape index (κ2) is 14.4. The van der Waals surface area contributed by atoms with Crippen molar-refractivity contribution in [1.82, 2.24) is 30.5 Å². The fraction of sp³-hybridized carbons (Fsp3) is 0.216. The van der Waals surface area contributed by atoms with Gasteiger partial charge in [-0.25, -0.2) is 9.97 Å². The average Bonchev–Trinajstić information content (AvgIpc) is 3.67. The molecule has 1 saturated heterocycles. The van der Waals surface area contributed by atoms with Gasteiger partial charge in [0, 0.05) is 23.8 Å². The molecule has 1 aliphatic rings. The molecule has 2 aromatic heterocycles. The van der Waals surface area contributed by atoms with E-state index in [1.165, 1.54) is 12.5 Å². The van der Waals surface area contributed by atoms with Gasteiger partial charge in [-0.3, -0.25) is 14.9 Å². The molecule has 1 fully saturated rings. The third kappa shape index (κ3) is 7.14. The van der Waals surface area contributed by atoms with E-state index in [0.717, 1.165) is 44.1 Å². The number of nitrogens with one attached hydrogen (secondary N) is 2. The predicted molar refractivity (Wildman–Crippen MR) is 183 cm³/mol. The number of nitrogens with zero attached hydrogens (tertiary/aromatic N) is 4. The summed E-state index contributed by atoms with van der Waals surface area (Å²) in [4.78, 5) is 25.9. The molecule has 0 saturated carbocycles. The summed E-state index contributed by atoms with van der Waals surface area (Å²) in [5.41, 5.74) is 7.55. The normalized spacial score (nSPS) is 19.3. The molecule has 0 radical (unpaired) electrons. The summed E-state index contributed by atoms with van der Waals surface area (Å²) in [7, 11) is 0. The minimum absolute atomic E-state index is 0.00600. The molecule has 1 aliphatic heterocycles. The van der Waals surface area contributed by atoms with Crippen molar-refractivity contribution in [2.75, 3.05) is 5.75 Å². The summed E-state index contributed by atoms with van der Waals surface area (Å²) in [6, 6.07) is 31.7. The number of amides is 1. The number of aromatic amines is 1. The van der Waals surface area contributed by atoms with Crippen LogP contribution in [0.15, 0.2) is 115 Å². The molecule has 0 spiro atoms. The van der Waals surface area contributed by atoms with E-state index >= 15 is 0 Å². The van der Waals surface area contributed by atoms with Crippen LogP contribution in [0.1, 0.15) is 52.1 Å². The highest BCUT2D eigenvalue weighted by atomic mass is 32.2. The molecular formula is C37H34N6O4S. The minimum Gasteiger partial charge on any atom is -0.392 e. The summed E-state index contributed by atoms with van der Waals surface area (Å²) >= 11 is 1.57. The first-order valence-electron chi connectivity index (χ1n) is 15.7. The van der Waals surface area contributed by atoms with Crippen LogP contribution in [0.5, 0.6) is 0 Å². The summed E-state index contributed by atoms with van der Waals surface area (Å²) < 4.78 is 13.2. The van der Waals surface area contributed by atoms with Gasteiger partial charge >= 0.3 is 0 Å². The Morgan fingerprint density at radius 3 is 2.44 bits per heavy atom. The number of hydrogen-bond donors (Lipinski definition) is 3. The molecule has 4 aromatic carbocycles. The van der Waals surface area contributed by atoms with Crippen LogP contribution in [-0.4, -0.2) is 48.0 Å². The minimum atomic E-state index is -0.571. The van der Waals surface area contributed by atoms with Crippen molar-refractivity contribution < 1.29 is 19.4 Å². The van der Waals surface area contributed by atoms with E-state index in [2.05, 4.69) is 55.6 Å². The van der Waals surface area contributed by atoms with Crippen LogP contribution < -0.4 is 5.32 Å². The Hall–Kier alpha value is -4.94. The monoisotopic (exact) mass is 658 g/mol. The Morgan fingerprint density at radius 2 is 1.67 bits per heavy atom. The van der Waals surface area contributed by atoms with E-state index in [1.54, 1.807) is 11.8 Å². The number of benzene rings is 4. The number of hydrogen-bond acceptors (Lipinski definition) is 9. The number of ether oxygens (including phenoxy) is 2. The molecule has 0 bridgehead atoms. The molecular weight excluding hydrogens is 625 g/mol. The summed E-state index contributed by atoms with van der Waals surface area (Å²) in [6.45, 7) is 2.49. The van der Waals surface area contributed by atoms with Crippen LogP contribution in [0, 0.1) is 5.92 Å². The zero-order chi connectivity index (χ0) is 32.9. The van der Waals surface area contributed by atoms with Crippen molar-refractivity contribution in [1.29, 1.82) is 0 Å². The molecule has 48 heavy (non-hydrogen) atoms. The number of aliphatic hydroxyl groups excluding tert-OH is 1. The average molecular weight is 659 g/mol. The van der Waals surface area contributed by atoms with E-state index in [0.29, 0.717) is 17.8 Å². The van der Waals surface area contributed by atoms with Crippen molar-refractivity contribution in [2.24, 2.45) is 5.92 Å². The van der Waals surface area contributed by atoms with Crippen molar-refractivity contribution in [3.8, 4) is 11.1 Å². The van der Waals surface area contributed by atoms with Crippen molar-refractivity contribution in [3.63, 3.8) is 0 Å². The summed E-state index contributed by atoms with van der Waals surface area (Å²) in [6.07, 6.45) is 2.11. The van der Waals surface area contributed by atoms with Gasteiger partial charge in [-0.15, -0.1) is 0 Å². The molecule has 6 aromatic rings. The number of rotatable bonds is 10. The molecule has 11 heteroatoms.